The summed E-state index contributed by atoms with van der Waals surface area (Å²) >= 11 is 0. The Hall–Kier alpha value is -4.78. The van der Waals surface area contributed by atoms with Crippen LogP contribution in [0.3, 0.4) is 0 Å². The van der Waals surface area contributed by atoms with Gasteiger partial charge in [0.05, 0.1) is 28.7 Å². The molecule has 13 heteroatoms. The first-order valence-electron chi connectivity index (χ1n) is 13.9. The van der Waals surface area contributed by atoms with E-state index in [9.17, 15) is 22.4 Å². The van der Waals surface area contributed by atoms with Gasteiger partial charge < -0.3 is 14.6 Å². The Morgan fingerprint density at radius 1 is 1.14 bits per heavy atom. The maximum atomic E-state index is 13.7. The molecule has 6 rings (SSSR count). The minimum absolute atomic E-state index is 0.145. The Bertz CT molecular complexity index is 1970. The van der Waals surface area contributed by atoms with E-state index < -0.39 is 21.7 Å². The van der Waals surface area contributed by atoms with E-state index >= 15 is 0 Å². The fourth-order valence-electron chi connectivity index (χ4n) is 5.54. The third kappa shape index (κ3) is 5.43. The first-order valence-corrected chi connectivity index (χ1v) is 15.5. The van der Waals surface area contributed by atoms with Crippen LogP contribution in [0, 0.1) is 5.82 Å². The van der Waals surface area contributed by atoms with Crippen LogP contribution in [0.25, 0.3) is 27.8 Å². The number of carbonyl (C=O) groups excluding carboxylic acids is 2. The van der Waals surface area contributed by atoms with Crippen LogP contribution in [0.1, 0.15) is 52.0 Å². The van der Waals surface area contributed by atoms with E-state index in [4.69, 9.17) is 4.42 Å². The van der Waals surface area contributed by atoms with Gasteiger partial charge in [0.25, 0.3) is 11.8 Å². The predicted molar refractivity (Wildman–Crippen MR) is 159 cm³/mol. The normalized spacial score (nSPS) is 15.6. The minimum Gasteiger partial charge on any atom is -0.455 e. The summed E-state index contributed by atoms with van der Waals surface area (Å²) in [6.45, 7) is 2.42. The lowest BCUT2D eigenvalue weighted by atomic mass is 9.88. The zero-order chi connectivity index (χ0) is 30.3. The Balaban J connectivity index is 1.44. The third-order valence-corrected chi connectivity index (χ3v) is 9.05. The van der Waals surface area contributed by atoms with Gasteiger partial charge in [0, 0.05) is 54.8 Å². The molecule has 0 aliphatic carbocycles. The fourth-order valence-corrected chi connectivity index (χ4v) is 6.20. The molecule has 0 bridgehead atoms. The van der Waals surface area contributed by atoms with E-state index in [1.807, 2.05) is 0 Å². The number of nitrogens with zero attached hydrogens (tertiary/aromatic N) is 4. The SMILES string of the molecule is CCS(=O)(=O)Nc1cc2oc(-c3ccc(F)cc3)c(C(=O)NC)c2cc1[C@H]1CCCN(C(=O)c2ccn3nncc3c2)C1. The lowest BCUT2D eigenvalue weighted by molar-refractivity contribution is 0.0707. The Kier molecular flexibility index (Phi) is 7.34. The van der Waals surface area contributed by atoms with Crippen molar-refractivity contribution >= 4 is 44.0 Å². The van der Waals surface area contributed by atoms with Crippen LogP contribution in [0.2, 0.25) is 0 Å². The predicted octanol–water partition coefficient (Wildman–Crippen LogP) is 4.42. The maximum Gasteiger partial charge on any atom is 0.255 e. The summed E-state index contributed by atoms with van der Waals surface area (Å²) in [4.78, 5) is 28.5. The molecule has 5 aromatic rings. The van der Waals surface area contributed by atoms with Gasteiger partial charge in [-0.05, 0) is 67.8 Å². The van der Waals surface area contributed by atoms with Gasteiger partial charge in [-0.2, -0.15) is 0 Å². The first-order chi connectivity index (χ1) is 20.7. The number of anilines is 1. The topological polar surface area (TPSA) is 139 Å². The van der Waals surface area contributed by atoms with Crippen molar-refractivity contribution in [2.45, 2.75) is 25.7 Å². The largest absolute Gasteiger partial charge is 0.455 e. The summed E-state index contributed by atoms with van der Waals surface area (Å²) in [5.74, 6) is -1.14. The second-order valence-electron chi connectivity index (χ2n) is 10.4. The smallest absolute Gasteiger partial charge is 0.255 e. The zero-order valence-corrected chi connectivity index (χ0v) is 24.3. The van der Waals surface area contributed by atoms with Gasteiger partial charge in [-0.25, -0.2) is 17.3 Å². The van der Waals surface area contributed by atoms with Gasteiger partial charge in [0.15, 0.2) is 0 Å². The number of rotatable bonds is 7. The number of piperidine rings is 1. The number of amides is 2. The van der Waals surface area contributed by atoms with Crippen LogP contribution in [-0.4, -0.2) is 65.8 Å². The average Bonchev–Trinajstić information content (AvgIpc) is 3.64. The molecule has 0 spiro atoms. The van der Waals surface area contributed by atoms with Crippen LogP contribution in [0.4, 0.5) is 10.1 Å². The number of fused-ring (bicyclic) bond motifs is 2. The molecule has 0 radical (unpaired) electrons. The standard InChI is InChI=1S/C30H29FN6O5S/c1-3-43(40,41)34-25-15-26-24(27(29(38)32-2)28(42-26)18-6-8-21(31)9-7-18)14-23(25)20-5-4-11-36(17-20)30(39)19-10-12-37-22(13-19)16-33-35-37/h6-10,12-16,20,34H,3-5,11,17H2,1-2H3,(H,32,38)/t20-/m0/s1. The Morgan fingerprint density at radius 2 is 1.93 bits per heavy atom. The molecule has 43 heavy (non-hydrogen) atoms. The second-order valence-corrected chi connectivity index (χ2v) is 12.5. The van der Waals surface area contributed by atoms with Crippen molar-refractivity contribution in [2.24, 2.45) is 0 Å². The summed E-state index contributed by atoms with van der Waals surface area (Å²) in [6, 6.07) is 12.4. The van der Waals surface area contributed by atoms with Gasteiger partial charge in [-0.1, -0.05) is 5.21 Å². The van der Waals surface area contributed by atoms with Gasteiger partial charge in [0.1, 0.15) is 17.2 Å². The van der Waals surface area contributed by atoms with Crippen LogP contribution in [0.15, 0.2) is 65.3 Å². The zero-order valence-electron chi connectivity index (χ0n) is 23.5. The highest BCUT2D eigenvalue weighted by molar-refractivity contribution is 7.92. The van der Waals surface area contributed by atoms with E-state index in [0.29, 0.717) is 64.8 Å². The number of hydrogen-bond donors (Lipinski definition) is 2. The number of halogens is 1. The number of hydrogen-bond acceptors (Lipinski definition) is 7. The summed E-state index contributed by atoms with van der Waals surface area (Å²) in [5, 5.41) is 10.9. The van der Waals surface area contributed by atoms with Crippen molar-refractivity contribution < 1.29 is 26.8 Å². The molecule has 2 aromatic carbocycles. The maximum absolute atomic E-state index is 13.7. The van der Waals surface area contributed by atoms with Crippen LogP contribution in [0.5, 0.6) is 0 Å². The molecule has 222 valence electrons. The van der Waals surface area contributed by atoms with Gasteiger partial charge in [0.2, 0.25) is 10.0 Å². The number of sulfonamides is 1. The van der Waals surface area contributed by atoms with Crippen molar-refractivity contribution in [3.05, 3.63) is 83.4 Å². The Labute approximate surface area is 246 Å². The number of likely N-dealkylation sites (tertiary alicyclic amines) is 1. The molecular formula is C30H29FN6O5S. The summed E-state index contributed by atoms with van der Waals surface area (Å²) in [6.07, 6.45) is 4.64. The number of pyridine rings is 1. The number of carbonyl (C=O) groups is 2. The number of nitrogens with one attached hydrogen (secondary N) is 2. The van der Waals surface area contributed by atoms with E-state index in [0.717, 1.165) is 0 Å². The molecule has 1 saturated heterocycles. The van der Waals surface area contributed by atoms with Gasteiger partial charge in [-0.3, -0.25) is 14.3 Å². The number of furan rings is 1. The third-order valence-electron chi connectivity index (χ3n) is 7.76. The molecule has 3 aromatic heterocycles. The van der Waals surface area contributed by atoms with Crippen LogP contribution in [-0.2, 0) is 10.0 Å². The van der Waals surface area contributed by atoms with E-state index in [1.54, 1.807) is 46.1 Å². The fraction of sp³-hybridized carbons (Fsp3) is 0.267. The average molecular weight is 605 g/mol. The Morgan fingerprint density at radius 3 is 2.67 bits per heavy atom. The molecule has 4 heterocycles. The molecule has 0 saturated carbocycles. The first kappa shape index (κ1) is 28.3. The lowest BCUT2D eigenvalue weighted by Crippen LogP contribution is -2.39. The van der Waals surface area contributed by atoms with E-state index in [2.05, 4.69) is 20.4 Å². The molecule has 1 fully saturated rings. The molecule has 1 atom stereocenters. The molecule has 11 nitrogen and oxygen atoms in total. The molecule has 1 aliphatic heterocycles. The van der Waals surface area contributed by atoms with Crippen molar-refractivity contribution in [1.29, 1.82) is 0 Å². The summed E-state index contributed by atoms with van der Waals surface area (Å²) < 4.78 is 49.6. The highest BCUT2D eigenvalue weighted by Crippen LogP contribution is 2.41. The van der Waals surface area contributed by atoms with Crippen LogP contribution >= 0.6 is 0 Å². The molecule has 1 aliphatic rings. The van der Waals surface area contributed by atoms with Gasteiger partial charge >= 0.3 is 0 Å². The number of aromatic nitrogens is 3. The van der Waals surface area contributed by atoms with Crippen molar-refractivity contribution in [2.75, 3.05) is 30.6 Å². The van der Waals surface area contributed by atoms with Crippen LogP contribution < -0.4 is 10.0 Å². The summed E-state index contributed by atoms with van der Waals surface area (Å²) in [7, 11) is -2.18. The lowest BCUT2D eigenvalue weighted by Gasteiger charge is -2.34. The minimum atomic E-state index is -3.68. The van der Waals surface area contributed by atoms with Gasteiger partial charge in [-0.15, -0.1) is 5.10 Å². The quantitative estimate of drug-likeness (QED) is 0.280. The highest BCUT2D eigenvalue weighted by Gasteiger charge is 2.30. The number of benzene rings is 2. The van der Waals surface area contributed by atoms with Crippen molar-refractivity contribution in [3.63, 3.8) is 0 Å². The van der Waals surface area contributed by atoms with Crippen molar-refractivity contribution in [1.82, 2.24) is 25.0 Å². The molecule has 2 amide bonds. The van der Waals surface area contributed by atoms with Crippen molar-refractivity contribution in [3.8, 4) is 11.3 Å². The summed E-state index contributed by atoms with van der Waals surface area (Å²) in [5.41, 5.74) is 3.20. The second kappa shape index (κ2) is 11.1. The molecule has 2 N–H and O–H groups in total. The highest BCUT2D eigenvalue weighted by atomic mass is 32.2. The molecule has 0 unspecified atom stereocenters. The van der Waals surface area contributed by atoms with E-state index in [1.165, 1.54) is 38.2 Å². The van der Waals surface area contributed by atoms with E-state index in [-0.39, 0.29) is 28.9 Å². The molecular weight excluding hydrogens is 575 g/mol. The monoisotopic (exact) mass is 604 g/mol.